The lowest BCUT2D eigenvalue weighted by atomic mass is 9.77. The van der Waals surface area contributed by atoms with Crippen molar-refractivity contribution in [1.29, 1.82) is 0 Å². The number of benzene rings is 7. The van der Waals surface area contributed by atoms with Crippen LogP contribution < -0.4 is 0 Å². The van der Waals surface area contributed by atoms with Gasteiger partial charge in [0.1, 0.15) is 17.1 Å². The summed E-state index contributed by atoms with van der Waals surface area (Å²) in [5, 5.41) is 13.9. The van der Waals surface area contributed by atoms with Crippen LogP contribution in [-0.2, 0) is 16.9 Å². The van der Waals surface area contributed by atoms with E-state index in [1.807, 2.05) is 101 Å². The Morgan fingerprint density at radius 3 is 1.54 bits per heavy atom. The van der Waals surface area contributed by atoms with Gasteiger partial charge in [0, 0.05) is 17.6 Å². The van der Waals surface area contributed by atoms with E-state index in [0.29, 0.717) is 24.5 Å². The van der Waals surface area contributed by atoms with Crippen LogP contribution in [0.1, 0.15) is 53.1 Å². The van der Waals surface area contributed by atoms with Crippen molar-refractivity contribution in [3.63, 3.8) is 0 Å². The van der Waals surface area contributed by atoms with Gasteiger partial charge in [0.15, 0.2) is 5.82 Å². The number of carbonyl (C=O) groups excluding carboxylic acids is 1. The zero-order valence-electron chi connectivity index (χ0n) is 32.8. The molecule has 7 nitrogen and oxygen atoms in total. The second-order valence-electron chi connectivity index (χ2n) is 14.6. The van der Waals surface area contributed by atoms with Gasteiger partial charge in [-0.15, -0.1) is 5.10 Å². The predicted molar refractivity (Wildman–Crippen MR) is 235 cm³/mol. The minimum Gasteiger partial charge on any atom is -0.290 e. The topological polar surface area (TPSA) is 76.3 Å². The van der Waals surface area contributed by atoms with E-state index in [4.69, 9.17) is 15.3 Å². The fourth-order valence-corrected chi connectivity index (χ4v) is 8.26. The van der Waals surface area contributed by atoms with E-state index < -0.39 is 5.54 Å². The van der Waals surface area contributed by atoms with Gasteiger partial charge < -0.3 is 0 Å². The van der Waals surface area contributed by atoms with Crippen molar-refractivity contribution in [2.75, 3.05) is 0 Å². The molecule has 1 aliphatic heterocycles. The summed E-state index contributed by atoms with van der Waals surface area (Å²) in [5.41, 5.74) is 9.38. The van der Waals surface area contributed by atoms with Gasteiger partial charge in [-0.1, -0.05) is 207 Å². The molecule has 0 bridgehead atoms. The lowest BCUT2D eigenvalue weighted by molar-refractivity contribution is -0.123. The molecule has 1 aliphatic rings. The van der Waals surface area contributed by atoms with E-state index in [9.17, 15) is 4.79 Å². The number of amides is 1. The van der Waals surface area contributed by atoms with E-state index in [-0.39, 0.29) is 5.91 Å². The molecule has 1 aromatic heterocycles. The SMILES string of the molecule is CCCC1=NC(=C(c2ccccc2)c2ccccc2)C(=O)N1Cc1ccc(-c2ccccc2-c2nnnn2C(c2ccccc2)(c2ccccc2)c2ccccc2)cc1. The maximum absolute atomic E-state index is 14.4. The van der Waals surface area contributed by atoms with Crippen molar-refractivity contribution in [3.05, 3.63) is 239 Å². The molecule has 0 saturated heterocycles. The van der Waals surface area contributed by atoms with Gasteiger partial charge >= 0.3 is 0 Å². The Labute approximate surface area is 344 Å². The number of aromatic nitrogens is 4. The number of tetrazole rings is 1. The summed E-state index contributed by atoms with van der Waals surface area (Å²) >= 11 is 0. The van der Waals surface area contributed by atoms with Crippen LogP contribution in [-0.4, -0.2) is 36.8 Å². The summed E-state index contributed by atoms with van der Waals surface area (Å²) in [6, 6.07) is 68.1. The Kier molecular flexibility index (Phi) is 10.4. The van der Waals surface area contributed by atoms with E-state index >= 15 is 0 Å². The van der Waals surface area contributed by atoms with Gasteiger partial charge in [0.25, 0.3) is 5.91 Å². The van der Waals surface area contributed by atoms with Crippen molar-refractivity contribution in [2.24, 2.45) is 4.99 Å². The lowest BCUT2D eigenvalue weighted by Crippen LogP contribution is -2.39. The average Bonchev–Trinajstić information content (AvgIpc) is 3.91. The lowest BCUT2D eigenvalue weighted by Gasteiger charge is -2.36. The first-order chi connectivity index (χ1) is 29.2. The number of carbonyl (C=O) groups is 1. The van der Waals surface area contributed by atoms with Crippen molar-refractivity contribution >= 4 is 17.3 Å². The molecule has 9 rings (SSSR count). The summed E-state index contributed by atoms with van der Waals surface area (Å²) in [7, 11) is 0. The maximum atomic E-state index is 14.4. The highest BCUT2D eigenvalue weighted by Gasteiger charge is 2.42. The molecule has 0 fully saturated rings. The Hall–Kier alpha value is -7.51. The molecule has 0 spiro atoms. The standard InChI is InChI=1S/C52H42N6O/c1-2-20-47-53-49(48(40-21-8-3-9-22-40)41-23-10-4-11-24-41)51(59)57(47)37-38-33-35-39(36-34-38)45-31-18-19-32-46(45)50-54-55-56-58(50)52(42-25-12-5-13-26-42,43-27-14-6-15-28-43)44-29-16-7-17-30-44/h3-19,21-36H,2,20,37H2,1H3. The van der Waals surface area contributed by atoms with Crippen molar-refractivity contribution in [1.82, 2.24) is 25.1 Å². The highest BCUT2D eigenvalue weighted by atomic mass is 16.2. The number of amidine groups is 1. The first kappa shape index (κ1) is 37.1. The second kappa shape index (κ2) is 16.5. The molecule has 2 heterocycles. The first-order valence-corrected chi connectivity index (χ1v) is 20.1. The fourth-order valence-electron chi connectivity index (χ4n) is 8.26. The fraction of sp³-hybridized carbons (Fsp3) is 0.0962. The molecule has 0 atom stereocenters. The molecule has 0 radical (unpaired) electrons. The average molecular weight is 767 g/mol. The van der Waals surface area contributed by atoms with Gasteiger partial charge in [0.2, 0.25) is 0 Å². The van der Waals surface area contributed by atoms with Crippen molar-refractivity contribution < 1.29 is 4.79 Å². The van der Waals surface area contributed by atoms with Crippen LogP contribution in [0, 0.1) is 0 Å². The van der Waals surface area contributed by atoms with E-state index in [1.165, 1.54) is 0 Å². The van der Waals surface area contributed by atoms with Gasteiger partial charge in [-0.05, 0) is 61.4 Å². The Morgan fingerprint density at radius 1 is 0.559 bits per heavy atom. The van der Waals surface area contributed by atoms with Crippen molar-refractivity contribution in [2.45, 2.75) is 31.8 Å². The summed E-state index contributed by atoms with van der Waals surface area (Å²) in [6.07, 6.45) is 1.57. The molecule has 0 aliphatic carbocycles. The number of nitrogens with zero attached hydrogens (tertiary/aromatic N) is 6. The summed E-state index contributed by atoms with van der Waals surface area (Å²) in [5.74, 6) is 1.34. The number of aliphatic imine (C=N–C) groups is 1. The molecule has 0 N–H and O–H groups in total. The summed E-state index contributed by atoms with van der Waals surface area (Å²) in [6.45, 7) is 2.53. The molecule has 286 valence electrons. The van der Waals surface area contributed by atoms with Gasteiger partial charge in [0.05, 0.1) is 6.54 Å². The molecular weight excluding hydrogens is 725 g/mol. The molecule has 7 heteroatoms. The van der Waals surface area contributed by atoms with Gasteiger partial charge in [-0.3, -0.25) is 9.69 Å². The zero-order valence-corrected chi connectivity index (χ0v) is 32.8. The van der Waals surface area contributed by atoms with E-state index in [1.54, 1.807) is 0 Å². The third-order valence-electron chi connectivity index (χ3n) is 11.0. The highest BCUT2D eigenvalue weighted by molar-refractivity contribution is 6.17. The van der Waals surface area contributed by atoms with Crippen LogP contribution in [0.3, 0.4) is 0 Å². The summed E-state index contributed by atoms with van der Waals surface area (Å²) in [4.78, 5) is 21.3. The molecule has 59 heavy (non-hydrogen) atoms. The smallest absolute Gasteiger partial charge is 0.278 e. The van der Waals surface area contributed by atoms with Crippen LogP contribution in [0.5, 0.6) is 0 Å². The largest absolute Gasteiger partial charge is 0.290 e. The molecule has 0 saturated carbocycles. The predicted octanol–water partition coefficient (Wildman–Crippen LogP) is 10.8. The maximum Gasteiger partial charge on any atom is 0.278 e. The minimum atomic E-state index is -0.881. The normalized spacial score (nSPS) is 12.8. The van der Waals surface area contributed by atoms with Gasteiger partial charge in [-0.2, -0.15) is 0 Å². The Balaban J connectivity index is 1.09. The van der Waals surface area contributed by atoms with E-state index in [2.05, 4.69) is 121 Å². The second-order valence-corrected chi connectivity index (χ2v) is 14.6. The van der Waals surface area contributed by atoms with E-state index in [0.717, 1.165) is 67.9 Å². The van der Waals surface area contributed by atoms with Crippen LogP contribution in [0.15, 0.2) is 211 Å². The van der Waals surface area contributed by atoms with Gasteiger partial charge in [-0.25, -0.2) is 9.67 Å². The van der Waals surface area contributed by atoms with Crippen LogP contribution in [0.4, 0.5) is 0 Å². The summed E-state index contributed by atoms with van der Waals surface area (Å²) < 4.78 is 1.97. The number of rotatable bonds is 12. The molecule has 7 aromatic carbocycles. The first-order valence-electron chi connectivity index (χ1n) is 20.1. The number of hydrogen-bond acceptors (Lipinski definition) is 5. The minimum absolute atomic E-state index is 0.0869. The van der Waals surface area contributed by atoms with Crippen LogP contribution in [0.25, 0.3) is 28.1 Å². The van der Waals surface area contributed by atoms with Crippen molar-refractivity contribution in [3.8, 4) is 22.5 Å². The molecule has 8 aromatic rings. The highest BCUT2D eigenvalue weighted by Crippen LogP contribution is 2.43. The molecule has 1 amide bonds. The molecular formula is C52H42N6O. The zero-order chi connectivity index (χ0) is 40.0. The van der Waals surface area contributed by atoms with Crippen LogP contribution in [0.2, 0.25) is 0 Å². The third-order valence-corrected chi connectivity index (χ3v) is 11.0. The third kappa shape index (κ3) is 6.97. The Bertz CT molecular complexity index is 2610. The monoisotopic (exact) mass is 766 g/mol. The quantitative estimate of drug-likeness (QED) is 0.0916. The molecule has 0 unspecified atom stereocenters. The Morgan fingerprint density at radius 2 is 1.03 bits per heavy atom. The van der Waals surface area contributed by atoms with Crippen LogP contribution >= 0.6 is 0 Å². The number of hydrogen-bond donors (Lipinski definition) is 0.